The second-order valence-electron chi connectivity index (χ2n) is 14.9. The highest BCUT2D eigenvalue weighted by atomic mass is 16.5. The van der Waals surface area contributed by atoms with Crippen molar-refractivity contribution >= 4 is 34.1 Å². The molecule has 5 rings (SSSR count). The van der Waals surface area contributed by atoms with E-state index in [9.17, 15) is 9.90 Å². The van der Waals surface area contributed by atoms with Crippen LogP contribution in [0.4, 0.5) is 5.69 Å². The zero-order valence-corrected chi connectivity index (χ0v) is 30.5. The summed E-state index contributed by atoms with van der Waals surface area (Å²) in [6.45, 7) is 23.8. The first-order valence-corrected chi connectivity index (χ1v) is 17.5. The van der Waals surface area contributed by atoms with E-state index < -0.39 is 0 Å². The number of aliphatic hydroxyl groups is 1. The summed E-state index contributed by atoms with van der Waals surface area (Å²) in [6.07, 6.45) is 7.85. The molecule has 0 unspecified atom stereocenters. The molecule has 2 heterocycles. The van der Waals surface area contributed by atoms with Crippen LogP contribution in [-0.2, 0) is 5.41 Å². The molecule has 1 aliphatic heterocycles. The maximum atomic E-state index is 11.4. The van der Waals surface area contributed by atoms with Gasteiger partial charge in [-0.25, -0.2) is 4.42 Å². The lowest BCUT2D eigenvalue weighted by molar-refractivity contribution is 0.240. The van der Waals surface area contributed by atoms with Gasteiger partial charge in [-0.15, -0.1) is 0 Å². The normalized spacial score (nSPS) is 16.7. The lowest BCUT2D eigenvalue weighted by atomic mass is 9.83. The van der Waals surface area contributed by atoms with Crippen LogP contribution in [0.5, 0.6) is 11.5 Å². The Morgan fingerprint density at radius 2 is 1.62 bits per heavy atom. The number of allylic oxidation sites excluding steroid dienone is 6. The second-order valence-corrected chi connectivity index (χ2v) is 14.9. The van der Waals surface area contributed by atoms with Crippen molar-refractivity contribution in [3.05, 3.63) is 94.2 Å². The van der Waals surface area contributed by atoms with Gasteiger partial charge in [0.1, 0.15) is 34.2 Å². The van der Waals surface area contributed by atoms with Crippen molar-refractivity contribution < 1.29 is 23.8 Å². The molecular weight excluding hydrogens is 598 g/mol. The van der Waals surface area contributed by atoms with Crippen molar-refractivity contribution in [3.63, 3.8) is 0 Å². The predicted octanol–water partition coefficient (Wildman–Crippen LogP) is 10.8. The number of anilines is 1. The van der Waals surface area contributed by atoms with Crippen molar-refractivity contribution in [2.45, 2.75) is 87.5 Å². The monoisotopic (exact) mass is 651 g/mol. The SMILES string of the molecule is CCC(CC)COc1ccc2c(C=C3C(=[OH+])C(C=C4C=C(C(C)(C)C)Oc5cc(N(CC)CC)ccc54)=C3O)cc(C(C)(C)C)[o+]c2c1. The molecule has 1 aromatic heterocycles. The average Bonchev–Trinajstić information content (AvgIpc) is 3.05. The molecule has 6 nitrogen and oxygen atoms in total. The number of rotatable bonds is 10. The fraction of sp³-hybridized carbons (Fsp3) is 0.429. The summed E-state index contributed by atoms with van der Waals surface area (Å²) >= 11 is 0. The van der Waals surface area contributed by atoms with Gasteiger partial charge in [-0.3, -0.25) is 4.79 Å². The van der Waals surface area contributed by atoms with Crippen LogP contribution in [0.15, 0.2) is 81.7 Å². The summed E-state index contributed by atoms with van der Waals surface area (Å²) in [4.78, 5) is 13.7. The Kier molecular flexibility index (Phi) is 9.96. The van der Waals surface area contributed by atoms with Crippen LogP contribution in [-0.4, -0.2) is 35.4 Å². The minimum Gasteiger partial charge on any atom is -0.506 e. The van der Waals surface area contributed by atoms with Gasteiger partial charge in [-0.1, -0.05) is 47.5 Å². The standard InChI is InChI=1S/C42H51NO5/c1-11-26(12-2)25-46-30-16-18-32-28(22-38(42(8,9)10)48-36(32)24-30)20-34-39(44)33(40(34)45)19-27-21-37(41(5,6)7)47-35-23-29(15-17-31(27)35)43(13-3)14-4/h15-24,26H,11-14,25H2,1-10H3/p+2. The molecule has 0 fully saturated rings. The number of nitrogens with zero attached hydrogens (tertiary/aromatic N) is 1. The van der Waals surface area contributed by atoms with Crippen molar-refractivity contribution in [2.75, 3.05) is 24.6 Å². The molecule has 2 aromatic carbocycles. The van der Waals surface area contributed by atoms with Gasteiger partial charge in [0, 0.05) is 47.5 Å². The highest BCUT2D eigenvalue weighted by Crippen LogP contribution is 2.43. The van der Waals surface area contributed by atoms with Gasteiger partial charge in [0.2, 0.25) is 0 Å². The van der Waals surface area contributed by atoms with E-state index in [1.165, 1.54) is 0 Å². The topological polar surface area (TPSA) is 74.6 Å². The number of fused-ring (bicyclic) bond motifs is 2. The van der Waals surface area contributed by atoms with E-state index in [-0.39, 0.29) is 22.4 Å². The molecule has 0 atom stereocenters. The molecule has 0 bridgehead atoms. The third-order valence-corrected chi connectivity index (χ3v) is 9.42. The minimum atomic E-state index is -0.259. The molecule has 2 N–H and O–H groups in total. The highest BCUT2D eigenvalue weighted by molar-refractivity contribution is 6.25. The number of carbonyl (C=O) groups excluding carboxylic acids is 1. The zero-order valence-electron chi connectivity index (χ0n) is 30.5. The van der Waals surface area contributed by atoms with Crippen molar-refractivity contribution in [2.24, 2.45) is 11.3 Å². The van der Waals surface area contributed by atoms with Gasteiger partial charge in [-0.05, 0) is 88.6 Å². The van der Waals surface area contributed by atoms with E-state index in [1.54, 1.807) is 0 Å². The molecule has 48 heavy (non-hydrogen) atoms. The van der Waals surface area contributed by atoms with Crippen molar-refractivity contribution in [3.8, 4) is 11.5 Å². The van der Waals surface area contributed by atoms with E-state index in [4.69, 9.17) is 13.9 Å². The van der Waals surface area contributed by atoms with Crippen LogP contribution < -0.4 is 14.4 Å². The van der Waals surface area contributed by atoms with E-state index in [2.05, 4.69) is 92.3 Å². The summed E-state index contributed by atoms with van der Waals surface area (Å²) in [7, 11) is 0. The molecule has 0 saturated heterocycles. The molecule has 0 saturated carbocycles. The Labute approximate surface area is 286 Å². The maximum Gasteiger partial charge on any atom is 0.364 e. The molecule has 0 radical (unpaired) electrons. The number of ketones is 1. The van der Waals surface area contributed by atoms with Gasteiger partial charge in [-0.2, -0.15) is 0 Å². The number of hydrogen-bond donors (Lipinski definition) is 1. The quantitative estimate of drug-likeness (QED) is 0.174. The molecule has 0 amide bonds. The van der Waals surface area contributed by atoms with Crippen LogP contribution in [0.3, 0.4) is 0 Å². The Balaban J connectivity index is 1.56. The number of benzene rings is 2. The summed E-state index contributed by atoms with van der Waals surface area (Å²) in [5.41, 5.74) is 4.73. The van der Waals surface area contributed by atoms with Crippen LogP contribution >= 0.6 is 0 Å². The van der Waals surface area contributed by atoms with Gasteiger partial charge < -0.3 is 19.5 Å². The van der Waals surface area contributed by atoms with Gasteiger partial charge in [0.05, 0.1) is 23.5 Å². The van der Waals surface area contributed by atoms with Gasteiger partial charge in [0.25, 0.3) is 0 Å². The molecular formula is C42H53NO5+2. The van der Waals surface area contributed by atoms with Crippen molar-refractivity contribution in [1.82, 2.24) is 0 Å². The molecule has 1 aliphatic carbocycles. The third-order valence-electron chi connectivity index (χ3n) is 9.42. The first kappa shape index (κ1) is 35.0. The van der Waals surface area contributed by atoms with Gasteiger partial charge >= 0.3 is 17.1 Å². The molecule has 2 aliphatic rings. The van der Waals surface area contributed by atoms with Crippen molar-refractivity contribution in [1.29, 1.82) is 0 Å². The minimum absolute atomic E-state index is 0.0508. The summed E-state index contributed by atoms with van der Waals surface area (Å²) in [6, 6.07) is 14.1. The maximum absolute atomic E-state index is 11.4. The third kappa shape index (κ3) is 7.08. The number of aliphatic hydroxyl groups excluding tert-OH is 1. The Morgan fingerprint density at radius 3 is 2.23 bits per heavy atom. The highest BCUT2D eigenvalue weighted by Gasteiger charge is 2.40. The first-order valence-electron chi connectivity index (χ1n) is 17.5. The molecule has 3 aromatic rings. The lowest BCUT2D eigenvalue weighted by Crippen LogP contribution is -2.23. The van der Waals surface area contributed by atoms with Gasteiger partial charge in [0.15, 0.2) is 0 Å². The van der Waals surface area contributed by atoms with E-state index in [1.807, 2.05) is 42.5 Å². The van der Waals surface area contributed by atoms with Crippen LogP contribution in [0.2, 0.25) is 0 Å². The first-order chi connectivity index (χ1) is 22.7. The fourth-order valence-corrected chi connectivity index (χ4v) is 6.02. The number of hydrogen-bond acceptors (Lipinski definition) is 4. The summed E-state index contributed by atoms with van der Waals surface area (Å²) in [5, 5.41) is 12.3. The summed E-state index contributed by atoms with van der Waals surface area (Å²) in [5.74, 6) is 3.76. The summed E-state index contributed by atoms with van der Waals surface area (Å²) < 4.78 is 19.0. The van der Waals surface area contributed by atoms with E-state index >= 15 is 0 Å². The zero-order chi connectivity index (χ0) is 35.0. The largest absolute Gasteiger partial charge is 0.506 e. The number of ether oxygens (including phenoxy) is 2. The Hall–Kier alpha value is -4.32. The fourth-order valence-electron chi connectivity index (χ4n) is 6.02. The lowest BCUT2D eigenvalue weighted by Gasteiger charge is -2.30. The molecule has 254 valence electrons. The predicted molar refractivity (Wildman–Crippen MR) is 200 cm³/mol. The second kappa shape index (κ2) is 13.7. The van der Waals surface area contributed by atoms with Crippen LogP contribution in [0.1, 0.15) is 99.0 Å². The Morgan fingerprint density at radius 1 is 0.917 bits per heavy atom. The Bertz CT molecular complexity index is 1840. The van der Waals surface area contributed by atoms with E-state index in [0.29, 0.717) is 29.3 Å². The molecule has 0 spiro atoms. The average molecular weight is 652 g/mol. The van der Waals surface area contributed by atoms with Crippen LogP contribution in [0.25, 0.3) is 22.6 Å². The smallest absolute Gasteiger partial charge is 0.364 e. The molecule has 6 heteroatoms. The van der Waals surface area contributed by atoms with E-state index in [0.717, 1.165) is 76.7 Å². The van der Waals surface area contributed by atoms with Crippen LogP contribution in [0, 0.1) is 11.3 Å².